The Morgan fingerprint density at radius 3 is 2.27 bits per heavy atom. The van der Waals surface area contributed by atoms with Crippen LogP contribution in [0.15, 0.2) is 11.3 Å². The van der Waals surface area contributed by atoms with Gasteiger partial charge in [0.25, 0.3) is 0 Å². The van der Waals surface area contributed by atoms with Gasteiger partial charge in [-0.05, 0) is 27.7 Å². The lowest BCUT2D eigenvalue weighted by Crippen LogP contribution is -2.48. The zero-order chi connectivity index (χ0) is 20.3. The number of nitrogens with one attached hydrogen (secondary N) is 1. The molecule has 0 aromatic heterocycles. The van der Waals surface area contributed by atoms with Crippen LogP contribution in [-0.2, 0) is 33.4 Å². The molecule has 0 aliphatic carbocycles. The summed E-state index contributed by atoms with van der Waals surface area (Å²) in [5, 5.41) is 2.60. The third-order valence-corrected chi connectivity index (χ3v) is 3.91. The first-order valence-electron chi connectivity index (χ1n) is 7.56. The number of esters is 2. The summed E-state index contributed by atoms with van der Waals surface area (Å²) in [6.07, 6.45) is -0.372. The van der Waals surface area contributed by atoms with Crippen LogP contribution in [0.3, 0.4) is 0 Å². The van der Waals surface area contributed by atoms with Crippen LogP contribution in [0.5, 0.6) is 0 Å². The van der Waals surface area contributed by atoms with E-state index < -0.39 is 50.5 Å². The van der Waals surface area contributed by atoms with E-state index in [4.69, 9.17) is 9.47 Å². The number of carbonyl (C=O) groups is 2. The fourth-order valence-corrected chi connectivity index (χ4v) is 2.53. The Morgan fingerprint density at radius 2 is 1.81 bits per heavy atom. The van der Waals surface area contributed by atoms with Gasteiger partial charge < -0.3 is 13.7 Å². The van der Waals surface area contributed by atoms with Crippen molar-refractivity contribution in [2.75, 3.05) is 13.2 Å². The van der Waals surface area contributed by atoms with Crippen LogP contribution in [0, 0.1) is 0 Å². The van der Waals surface area contributed by atoms with Crippen molar-refractivity contribution in [1.29, 1.82) is 0 Å². The Morgan fingerprint density at radius 1 is 1.23 bits per heavy atom. The minimum Gasteiger partial charge on any atom is -0.462 e. The summed E-state index contributed by atoms with van der Waals surface area (Å²) in [6, 6.07) is -1.53. The summed E-state index contributed by atoms with van der Waals surface area (Å²) in [6.45, 7) is 5.81. The molecule has 8 nitrogen and oxygen atoms in total. The summed E-state index contributed by atoms with van der Waals surface area (Å²) in [4.78, 5) is 24.4. The number of ether oxygens (including phenoxy) is 2. The van der Waals surface area contributed by atoms with Gasteiger partial charge in [0.05, 0.1) is 6.61 Å². The minimum atomic E-state index is -6.01. The Balaban J connectivity index is 3.35. The Hall–Kier alpha value is -1.82. The largest absolute Gasteiger partial charge is 0.534 e. The van der Waals surface area contributed by atoms with Gasteiger partial charge in [0.15, 0.2) is 0 Å². The highest BCUT2D eigenvalue weighted by Crippen LogP contribution is 2.31. The third kappa shape index (κ3) is 5.59. The summed E-state index contributed by atoms with van der Waals surface area (Å²) >= 11 is 0. The highest BCUT2D eigenvalue weighted by atomic mass is 32.2. The van der Waals surface area contributed by atoms with Gasteiger partial charge in [-0.1, -0.05) is 0 Å². The normalized spacial score (nSPS) is 19.1. The van der Waals surface area contributed by atoms with E-state index in [0.717, 1.165) is 0 Å². The molecule has 1 N–H and O–H groups in total. The molecule has 0 bridgehead atoms. The molecule has 1 heterocycles. The van der Waals surface area contributed by atoms with E-state index in [1.54, 1.807) is 20.8 Å². The van der Waals surface area contributed by atoms with E-state index in [1.807, 2.05) is 0 Å². The van der Waals surface area contributed by atoms with Crippen molar-refractivity contribution in [3.05, 3.63) is 11.3 Å². The number of hydrogen-bond acceptors (Lipinski definition) is 8. The van der Waals surface area contributed by atoms with Crippen molar-refractivity contribution < 1.29 is 44.8 Å². The predicted octanol–water partition coefficient (Wildman–Crippen LogP) is 1.37. The highest BCUT2D eigenvalue weighted by molar-refractivity contribution is 7.87. The minimum absolute atomic E-state index is 0.116. The van der Waals surface area contributed by atoms with Crippen molar-refractivity contribution >= 4 is 22.1 Å². The molecule has 1 atom stereocenters. The van der Waals surface area contributed by atoms with Crippen molar-refractivity contribution in [3.8, 4) is 0 Å². The molecule has 0 aromatic rings. The first-order chi connectivity index (χ1) is 11.7. The number of carbonyl (C=O) groups excluding carboxylic acids is 2. The standard InChI is InChI=1S/C14H20F3NO7S/c1-5-23-11(19)9-8(25-26(21,22)14(15,16)17)6-7-18-10(9)12(20)24-13(2,3)4/h10,18H,5-7H2,1-4H3. The van der Waals surface area contributed by atoms with E-state index in [0.29, 0.717) is 0 Å². The quantitative estimate of drug-likeness (QED) is 0.417. The van der Waals surface area contributed by atoms with E-state index in [2.05, 4.69) is 9.50 Å². The van der Waals surface area contributed by atoms with Crippen molar-refractivity contribution in [2.45, 2.75) is 51.3 Å². The van der Waals surface area contributed by atoms with Crippen LogP contribution >= 0.6 is 0 Å². The van der Waals surface area contributed by atoms with Gasteiger partial charge >= 0.3 is 27.6 Å². The second-order valence-corrected chi connectivity index (χ2v) is 7.75. The fraction of sp³-hybridized carbons (Fsp3) is 0.714. The second-order valence-electron chi connectivity index (χ2n) is 6.21. The van der Waals surface area contributed by atoms with Gasteiger partial charge in [0.2, 0.25) is 0 Å². The molecule has 1 unspecified atom stereocenters. The molecule has 12 heteroatoms. The molecule has 150 valence electrons. The third-order valence-electron chi connectivity index (χ3n) is 2.92. The van der Waals surface area contributed by atoms with E-state index in [-0.39, 0.29) is 19.6 Å². The smallest absolute Gasteiger partial charge is 0.462 e. The summed E-state index contributed by atoms with van der Waals surface area (Å²) < 4.78 is 74.3. The molecule has 0 fully saturated rings. The number of hydrogen-bond donors (Lipinski definition) is 1. The zero-order valence-corrected chi connectivity index (χ0v) is 15.4. The number of alkyl halides is 3. The molecule has 0 amide bonds. The molecule has 0 spiro atoms. The Kier molecular flexibility index (Phi) is 6.69. The lowest BCUT2D eigenvalue weighted by atomic mass is 10.00. The Labute approximate surface area is 148 Å². The average Bonchev–Trinajstić information content (AvgIpc) is 2.43. The second kappa shape index (κ2) is 7.82. The molecule has 0 saturated carbocycles. The van der Waals surface area contributed by atoms with Crippen LogP contribution in [0.2, 0.25) is 0 Å². The summed E-state index contributed by atoms with van der Waals surface area (Å²) in [5.74, 6) is -2.97. The highest BCUT2D eigenvalue weighted by Gasteiger charge is 2.50. The SMILES string of the molecule is CCOC(=O)C1=C(OS(=O)(=O)C(F)(F)F)CCNC1C(=O)OC(C)(C)C. The number of halogens is 3. The average molecular weight is 403 g/mol. The number of rotatable bonds is 5. The topological polar surface area (TPSA) is 108 Å². The lowest BCUT2D eigenvalue weighted by Gasteiger charge is -2.29. The van der Waals surface area contributed by atoms with Gasteiger partial charge in [0, 0.05) is 13.0 Å². The molecule has 26 heavy (non-hydrogen) atoms. The molecule has 1 aliphatic rings. The summed E-state index contributed by atoms with van der Waals surface area (Å²) in [5.41, 5.74) is -7.30. The fourth-order valence-electron chi connectivity index (χ4n) is 2.00. The zero-order valence-electron chi connectivity index (χ0n) is 14.6. The molecule has 0 aromatic carbocycles. The molecule has 1 rings (SSSR count). The molecular weight excluding hydrogens is 383 g/mol. The van der Waals surface area contributed by atoms with Crippen LogP contribution in [-0.4, -0.2) is 50.7 Å². The van der Waals surface area contributed by atoms with Gasteiger partial charge in [-0.25, -0.2) is 9.59 Å². The first kappa shape index (κ1) is 22.2. The maximum absolute atomic E-state index is 12.6. The molecule has 0 saturated heterocycles. The van der Waals surface area contributed by atoms with Crippen LogP contribution in [0.4, 0.5) is 13.2 Å². The van der Waals surface area contributed by atoms with Crippen LogP contribution < -0.4 is 5.32 Å². The monoisotopic (exact) mass is 403 g/mol. The predicted molar refractivity (Wildman–Crippen MR) is 82.0 cm³/mol. The van der Waals surface area contributed by atoms with Gasteiger partial charge in [0.1, 0.15) is 23.0 Å². The van der Waals surface area contributed by atoms with E-state index >= 15 is 0 Å². The van der Waals surface area contributed by atoms with Crippen molar-refractivity contribution in [1.82, 2.24) is 5.32 Å². The van der Waals surface area contributed by atoms with Crippen molar-refractivity contribution in [2.24, 2.45) is 0 Å². The van der Waals surface area contributed by atoms with Gasteiger partial charge in [-0.15, -0.1) is 0 Å². The van der Waals surface area contributed by atoms with E-state index in [1.165, 1.54) is 6.92 Å². The first-order valence-corrected chi connectivity index (χ1v) is 8.97. The van der Waals surface area contributed by atoms with Crippen LogP contribution in [0.1, 0.15) is 34.1 Å². The molecule has 1 aliphatic heterocycles. The Bertz CT molecular complexity index is 692. The van der Waals surface area contributed by atoms with E-state index in [9.17, 15) is 31.2 Å². The van der Waals surface area contributed by atoms with Crippen molar-refractivity contribution in [3.63, 3.8) is 0 Å². The molecule has 0 radical (unpaired) electrons. The lowest BCUT2D eigenvalue weighted by molar-refractivity contribution is -0.158. The van der Waals surface area contributed by atoms with Crippen LogP contribution in [0.25, 0.3) is 0 Å². The maximum Gasteiger partial charge on any atom is 0.534 e. The van der Waals surface area contributed by atoms with Gasteiger partial charge in [-0.2, -0.15) is 21.6 Å². The maximum atomic E-state index is 12.6. The molecular formula is C14H20F3NO7S. The summed E-state index contributed by atoms with van der Waals surface area (Å²) in [7, 11) is -6.01. The van der Waals surface area contributed by atoms with Gasteiger partial charge in [-0.3, -0.25) is 5.32 Å².